The van der Waals surface area contributed by atoms with Gasteiger partial charge in [-0.05, 0) is 79.5 Å². The molecule has 2 N–H and O–H groups in total. The highest BCUT2D eigenvalue weighted by molar-refractivity contribution is 5.95. The third-order valence-corrected chi connectivity index (χ3v) is 10.2. The summed E-state index contributed by atoms with van der Waals surface area (Å²) in [5, 5.41) is 6.92. The lowest BCUT2D eigenvalue weighted by Crippen LogP contribution is -2.66. The van der Waals surface area contributed by atoms with E-state index in [1.54, 1.807) is 21.3 Å². The van der Waals surface area contributed by atoms with Gasteiger partial charge in [-0.15, -0.1) is 0 Å². The molecule has 226 valence electrons. The molecule has 0 radical (unpaired) electrons. The number of piperidine rings is 1. The van der Waals surface area contributed by atoms with Gasteiger partial charge < -0.3 is 24.8 Å². The Labute approximate surface area is 249 Å². The minimum absolute atomic E-state index is 0.0139. The Morgan fingerprint density at radius 1 is 0.929 bits per heavy atom. The second-order valence-electron chi connectivity index (χ2n) is 12.5. The highest BCUT2D eigenvalue weighted by Crippen LogP contribution is 2.41. The Hall–Kier alpha value is -2.94. The average molecular weight is 576 g/mol. The van der Waals surface area contributed by atoms with Crippen molar-refractivity contribution >= 4 is 17.4 Å². The summed E-state index contributed by atoms with van der Waals surface area (Å²) in [7, 11) is 5.10. The standard InChI is InChI=1S/C34H45N3O5/c1-40-28-9-5-7-26-32(28)36-31-25(33(26)38)6-4-8-27(31)34(39)35-24-12-10-21(11-13-24)14-16-37-17-15-22-18-29(41-2)30(42-3)19-23(22)20-37/h10-13,18-19,25-28,31-32,36H,4-9,14-17,20H2,1-3H3,(H,35,39). The molecule has 6 atom stereocenters. The fourth-order valence-corrected chi connectivity index (χ4v) is 7.91. The smallest absolute Gasteiger partial charge is 0.229 e. The van der Waals surface area contributed by atoms with Crippen molar-refractivity contribution in [2.45, 2.75) is 76.1 Å². The first-order chi connectivity index (χ1) is 20.5. The van der Waals surface area contributed by atoms with Crippen LogP contribution in [-0.2, 0) is 33.7 Å². The lowest BCUT2D eigenvalue weighted by molar-refractivity contribution is -0.141. The van der Waals surface area contributed by atoms with Crippen LogP contribution in [0, 0.1) is 17.8 Å². The third-order valence-electron chi connectivity index (χ3n) is 10.2. The number of carbonyl (C=O) groups is 2. The van der Waals surface area contributed by atoms with Crippen LogP contribution >= 0.6 is 0 Å². The van der Waals surface area contributed by atoms with Crippen molar-refractivity contribution in [3.63, 3.8) is 0 Å². The van der Waals surface area contributed by atoms with Crippen molar-refractivity contribution in [1.29, 1.82) is 0 Å². The number of ketones is 1. The zero-order valence-electron chi connectivity index (χ0n) is 25.2. The number of Topliss-reactive ketones (excluding diaryl/α,β-unsaturated/α-hetero) is 1. The summed E-state index contributed by atoms with van der Waals surface area (Å²) in [6.45, 7) is 2.88. The summed E-state index contributed by atoms with van der Waals surface area (Å²) >= 11 is 0. The molecule has 2 saturated carbocycles. The first-order valence-electron chi connectivity index (χ1n) is 15.7. The molecular weight excluding hydrogens is 530 g/mol. The van der Waals surface area contributed by atoms with Crippen molar-refractivity contribution in [2.75, 3.05) is 39.7 Å². The van der Waals surface area contributed by atoms with Crippen molar-refractivity contribution in [2.24, 2.45) is 17.8 Å². The minimum Gasteiger partial charge on any atom is -0.493 e. The first-order valence-corrected chi connectivity index (χ1v) is 15.7. The van der Waals surface area contributed by atoms with Gasteiger partial charge >= 0.3 is 0 Å². The topological polar surface area (TPSA) is 89.1 Å². The zero-order chi connectivity index (χ0) is 29.2. The van der Waals surface area contributed by atoms with Gasteiger partial charge in [-0.2, -0.15) is 0 Å². The molecule has 42 heavy (non-hydrogen) atoms. The van der Waals surface area contributed by atoms with Crippen LogP contribution in [0.1, 0.15) is 55.2 Å². The molecular formula is C34H45N3O5. The predicted molar refractivity (Wildman–Crippen MR) is 162 cm³/mol. The van der Waals surface area contributed by atoms with E-state index >= 15 is 0 Å². The number of nitrogens with one attached hydrogen (secondary N) is 2. The normalized spacial score (nSPS) is 29.2. The van der Waals surface area contributed by atoms with Gasteiger partial charge in [0.05, 0.1) is 26.2 Å². The van der Waals surface area contributed by atoms with Crippen LogP contribution < -0.4 is 20.1 Å². The van der Waals surface area contributed by atoms with Gasteiger partial charge in [0, 0.05) is 56.4 Å². The Morgan fingerprint density at radius 2 is 1.62 bits per heavy atom. The SMILES string of the molecule is COc1cc2c(cc1OC)CN(CCc1ccc(NC(=O)C3CCCC4C(=O)C5CCCC(OC)C5NC34)cc1)CC2. The van der Waals surface area contributed by atoms with Gasteiger partial charge in [0.2, 0.25) is 5.91 Å². The van der Waals surface area contributed by atoms with Crippen LogP contribution in [-0.4, -0.2) is 69.2 Å². The van der Waals surface area contributed by atoms with E-state index in [1.165, 1.54) is 16.7 Å². The number of rotatable bonds is 8. The quantitative estimate of drug-likeness (QED) is 0.483. The Morgan fingerprint density at radius 3 is 2.33 bits per heavy atom. The highest BCUT2D eigenvalue weighted by atomic mass is 16.5. The average Bonchev–Trinajstić information content (AvgIpc) is 3.03. The number of methoxy groups -OCH3 is 3. The molecule has 2 aromatic rings. The van der Waals surface area contributed by atoms with E-state index in [2.05, 4.69) is 39.8 Å². The first kappa shape index (κ1) is 29.1. The number of amides is 1. The lowest BCUT2D eigenvalue weighted by atomic mass is 9.64. The van der Waals surface area contributed by atoms with Gasteiger partial charge in [0.15, 0.2) is 11.5 Å². The summed E-state index contributed by atoms with van der Waals surface area (Å²) in [4.78, 5) is 29.5. The summed E-state index contributed by atoms with van der Waals surface area (Å²) < 4.78 is 16.7. The zero-order valence-corrected chi connectivity index (χ0v) is 25.2. The molecule has 1 saturated heterocycles. The molecule has 2 aromatic carbocycles. The number of hydrogen-bond acceptors (Lipinski definition) is 7. The third kappa shape index (κ3) is 5.81. The van der Waals surface area contributed by atoms with Crippen molar-refractivity contribution in [1.82, 2.24) is 10.2 Å². The van der Waals surface area contributed by atoms with Gasteiger partial charge in [0.25, 0.3) is 0 Å². The molecule has 8 heteroatoms. The molecule has 0 spiro atoms. The Bertz CT molecular complexity index is 1280. The van der Waals surface area contributed by atoms with E-state index < -0.39 is 0 Å². The second-order valence-corrected chi connectivity index (χ2v) is 12.5. The minimum atomic E-state index is -0.215. The Kier molecular flexibility index (Phi) is 8.84. The van der Waals surface area contributed by atoms with Gasteiger partial charge in [-0.3, -0.25) is 14.5 Å². The predicted octanol–water partition coefficient (Wildman–Crippen LogP) is 4.38. The maximum Gasteiger partial charge on any atom is 0.229 e. The fourth-order valence-electron chi connectivity index (χ4n) is 7.91. The number of anilines is 1. The molecule has 2 heterocycles. The van der Waals surface area contributed by atoms with E-state index in [0.29, 0.717) is 5.78 Å². The summed E-state index contributed by atoms with van der Waals surface area (Å²) in [5.41, 5.74) is 4.69. The van der Waals surface area contributed by atoms with Crippen LogP contribution in [0.3, 0.4) is 0 Å². The monoisotopic (exact) mass is 575 g/mol. The molecule has 6 rings (SSSR count). The van der Waals surface area contributed by atoms with E-state index in [9.17, 15) is 9.59 Å². The molecule has 4 aliphatic rings. The van der Waals surface area contributed by atoms with Crippen LogP contribution in [0.2, 0.25) is 0 Å². The van der Waals surface area contributed by atoms with Crippen molar-refractivity contribution in [3.8, 4) is 11.5 Å². The fraction of sp³-hybridized carbons (Fsp3) is 0.588. The maximum absolute atomic E-state index is 13.5. The van der Waals surface area contributed by atoms with Crippen LogP contribution in [0.4, 0.5) is 5.69 Å². The number of benzene rings is 2. The lowest BCUT2D eigenvalue weighted by Gasteiger charge is -2.50. The highest BCUT2D eigenvalue weighted by Gasteiger charge is 2.51. The maximum atomic E-state index is 13.5. The van der Waals surface area contributed by atoms with Gasteiger partial charge in [0.1, 0.15) is 5.78 Å². The molecule has 3 fully saturated rings. The molecule has 6 unspecified atom stereocenters. The molecule has 8 nitrogen and oxygen atoms in total. The van der Waals surface area contributed by atoms with Crippen LogP contribution in [0.15, 0.2) is 36.4 Å². The molecule has 2 aliphatic heterocycles. The second kappa shape index (κ2) is 12.7. The Balaban J connectivity index is 1.04. The van der Waals surface area contributed by atoms with E-state index in [1.807, 2.05) is 12.1 Å². The summed E-state index contributed by atoms with van der Waals surface area (Å²) in [6, 6.07) is 12.4. The van der Waals surface area contributed by atoms with Gasteiger partial charge in [-0.1, -0.05) is 25.0 Å². The van der Waals surface area contributed by atoms with Gasteiger partial charge in [-0.25, -0.2) is 0 Å². The van der Waals surface area contributed by atoms with Crippen molar-refractivity contribution < 1.29 is 23.8 Å². The number of ether oxygens (including phenoxy) is 3. The molecule has 0 aromatic heterocycles. The largest absolute Gasteiger partial charge is 0.493 e. The number of carbonyl (C=O) groups excluding carboxylic acids is 2. The molecule has 1 amide bonds. The summed E-state index contributed by atoms with van der Waals surface area (Å²) in [6.07, 6.45) is 7.50. The molecule has 0 bridgehead atoms. The van der Waals surface area contributed by atoms with E-state index in [0.717, 1.165) is 88.2 Å². The number of hydrogen-bond donors (Lipinski definition) is 2. The van der Waals surface area contributed by atoms with Crippen molar-refractivity contribution in [3.05, 3.63) is 53.1 Å². The van der Waals surface area contributed by atoms with Crippen LogP contribution in [0.25, 0.3) is 0 Å². The number of nitrogens with zero attached hydrogens (tertiary/aromatic N) is 1. The van der Waals surface area contributed by atoms with E-state index in [4.69, 9.17) is 14.2 Å². The van der Waals surface area contributed by atoms with Crippen LogP contribution in [0.5, 0.6) is 11.5 Å². The van der Waals surface area contributed by atoms with E-state index in [-0.39, 0.29) is 41.8 Å². The number of fused-ring (bicyclic) bond motifs is 3. The summed E-state index contributed by atoms with van der Waals surface area (Å²) in [5.74, 6) is 1.67. The molecule has 2 aliphatic carbocycles.